The van der Waals surface area contributed by atoms with Crippen molar-refractivity contribution in [3.05, 3.63) is 83.9 Å². The number of aliphatic hydroxyl groups excluding tert-OH is 1. The smallest absolute Gasteiger partial charge is 0.270 e. The Balaban J connectivity index is 1.54. The number of amides is 2. The predicted octanol–water partition coefficient (Wildman–Crippen LogP) is 1.92. The zero-order valence-electron chi connectivity index (χ0n) is 15.3. The molecule has 0 saturated carbocycles. The van der Waals surface area contributed by atoms with Gasteiger partial charge in [-0.15, -0.1) is 0 Å². The standard InChI is InChI=1S/C22H23N3O3/c23-19(14-13-15-7-2-1-3-8-15)20(26)22(28)25-24-21(27)18-12-6-10-16-9-4-5-11-17(16)18/h1-12,19-20,26H,13-14,23H2,(H,24,27)(H,25,28). The lowest BCUT2D eigenvalue weighted by molar-refractivity contribution is -0.131. The lowest BCUT2D eigenvalue weighted by Gasteiger charge is -2.18. The number of aliphatic hydroxyl groups is 1. The molecule has 0 aliphatic heterocycles. The summed E-state index contributed by atoms with van der Waals surface area (Å²) in [4.78, 5) is 24.6. The lowest BCUT2D eigenvalue weighted by atomic mass is 10.0. The summed E-state index contributed by atoms with van der Waals surface area (Å²) in [5.41, 5.74) is 12.0. The average molecular weight is 377 g/mol. The first-order valence-corrected chi connectivity index (χ1v) is 9.12. The van der Waals surface area contributed by atoms with Gasteiger partial charge in [-0.1, -0.05) is 66.7 Å². The Kier molecular flexibility index (Phi) is 6.37. The van der Waals surface area contributed by atoms with Gasteiger partial charge >= 0.3 is 0 Å². The van der Waals surface area contributed by atoms with Gasteiger partial charge in [-0.2, -0.15) is 0 Å². The van der Waals surface area contributed by atoms with Gasteiger partial charge in [0.05, 0.1) is 0 Å². The minimum absolute atomic E-state index is 0.432. The Morgan fingerprint density at radius 2 is 1.57 bits per heavy atom. The van der Waals surface area contributed by atoms with Crippen molar-refractivity contribution in [2.45, 2.75) is 25.0 Å². The van der Waals surface area contributed by atoms with E-state index in [4.69, 9.17) is 5.73 Å². The van der Waals surface area contributed by atoms with Crippen molar-refractivity contribution < 1.29 is 14.7 Å². The summed E-state index contributed by atoms with van der Waals surface area (Å²) in [6, 6.07) is 21.8. The Morgan fingerprint density at radius 3 is 2.36 bits per heavy atom. The van der Waals surface area contributed by atoms with Crippen LogP contribution in [0.25, 0.3) is 10.8 Å². The summed E-state index contributed by atoms with van der Waals surface area (Å²) in [5, 5.41) is 11.8. The molecule has 0 fully saturated rings. The number of fused-ring (bicyclic) bond motifs is 1. The zero-order valence-corrected chi connectivity index (χ0v) is 15.3. The molecule has 0 heterocycles. The van der Waals surface area contributed by atoms with E-state index in [-0.39, 0.29) is 0 Å². The molecule has 3 aromatic rings. The summed E-state index contributed by atoms with van der Waals surface area (Å²) < 4.78 is 0. The van der Waals surface area contributed by atoms with E-state index in [0.29, 0.717) is 18.4 Å². The second-order valence-electron chi connectivity index (χ2n) is 6.60. The Labute approximate surface area is 163 Å². The third-order valence-electron chi connectivity index (χ3n) is 4.62. The van der Waals surface area contributed by atoms with Gasteiger partial charge in [0.25, 0.3) is 11.8 Å². The predicted molar refractivity (Wildman–Crippen MR) is 108 cm³/mol. The minimum atomic E-state index is -1.42. The van der Waals surface area contributed by atoms with Gasteiger partial charge in [0.15, 0.2) is 0 Å². The first kappa shape index (κ1) is 19.5. The molecule has 2 atom stereocenters. The fourth-order valence-electron chi connectivity index (χ4n) is 3.01. The van der Waals surface area contributed by atoms with E-state index in [1.165, 1.54) is 0 Å². The van der Waals surface area contributed by atoms with Crippen molar-refractivity contribution in [3.63, 3.8) is 0 Å². The van der Waals surface area contributed by atoms with Gasteiger partial charge in [-0.05, 0) is 35.2 Å². The number of hydrazine groups is 1. The molecule has 0 aromatic heterocycles. The maximum Gasteiger partial charge on any atom is 0.270 e. The van der Waals surface area contributed by atoms with Crippen molar-refractivity contribution in [2.75, 3.05) is 0 Å². The van der Waals surface area contributed by atoms with E-state index >= 15 is 0 Å². The topological polar surface area (TPSA) is 104 Å². The van der Waals surface area contributed by atoms with Crippen LogP contribution in [0.15, 0.2) is 72.8 Å². The number of rotatable bonds is 6. The molecule has 3 rings (SSSR count). The normalized spacial score (nSPS) is 12.9. The summed E-state index contributed by atoms with van der Waals surface area (Å²) >= 11 is 0. The van der Waals surface area contributed by atoms with Gasteiger partial charge in [0.1, 0.15) is 6.10 Å². The molecule has 5 N–H and O–H groups in total. The van der Waals surface area contributed by atoms with Crippen LogP contribution in [0, 0.1) is 0 Å². The monoisotopic (exact) mass is 377 g/mol. The molecule has 144 valence electrons. The molecular weight excluding hydrogens is 354 g/mol. The van der Waals surface area contributed by atoms with Crippen LogP contribution in [0.3, 0.4) is 0 Å². The maximum atomic E-state index is 12.4. The molecular formula is C22H23N3O3. The van der Waals surface area contributed by atoms with Gasteiger partial charge in [0.2, 0.25) is 0 Å². The number of benzene rings is 3. The number of carbonyl (C=O) groups is 2. The lowest BCUT2D eigenvalue weighted by Crippen LogP contribution is -2.52. The summed E-state index contributed by atoms with van der Waals surface area (Å²) in [7, 11) is 0. The number of hydrogen-bond donors (Lipinski definition) is 4. The SMILES string of the molecule is NC(CCc1ccccc1)C(O)C(=O)NNC(=O)c1cccc2ccccc12. The Bertz CT molecular complexity index is 954. The average Bonchev–Trinajstić information content (AvgIpc) is 2.75. The molecule has 0 aliphatic rings. The zero-order chi connectivity index (χ0) is 19.9. The maximum absolute atomic E-state index is 12.4. The molecule has 0 saturated heterocycles. The Morgan fingerprint density at radius 1 is 0.893 bits per heavy atom. The molecule has 3 aromatic carbocycles. The first-order valence-electron chi connectivity index (χ1n) is 9.12. The fourth-order valence-corrected chi connectivity index (χ4v) is 3.01. The van der Waals surface area contributed by atoms with Crippen LogP contribution in [0.4, 0.5) is 0 Å². The molecule has 6 heteroatoms. The van der Waals surface area contributed by atoms with Gasteiger partial charge in [-0.25, -0.2) is 0 Å². The van der Waals surface area contributed by atoms with Crippen molar-refractivity contribution in [1.29, 1.82) is 0 Å². The van der Waals surface area contributed by atoms with Crippen molar-refractivity contribution in [3.8, 4) is 0 Å². The van der Waals surface area contributed by atoms with Crippen LogP contribution in [0.2, 0.25) is 0 Å². The van der Waals surface area contributed by atoms with Crippen LogP contribution in [0.5, 0.6) is 0 Å². The number of hydrogen-bond acceptors (Lipinski definition) is 4. The highest BCUT2D eigenvalue weighted by atomic mass is 16.3. The van der Waals surface area contributed by atoms with Gasteiger partial charge < -0.3 is 10.8 Å². The summed E-state index contributed by atoms with van der Waals surface area (Å²) in [5.74, 6) is -1.20. The van der Waals surface area contributed by atoms with E-state index in [1.807, 2.05) is 60.7 Å². The molecule has 0 spiro atoms. The molecule has 0 aliphatic carbocycles. The van der Waals surface area contributed by atoms with E-state index in [9.17, 15) is 14.7 Å². The molecule has 2 amide bonds. The molecule has 28 heavy (non-hydrogen) atoms. The van der Waals surface area contributed by atoms with Crippen LogP contribution in [-0.2, 0) is 11.2 Å². The van der Waals surface area contributed by atoms with E-state index < -0.39 is 24.0 Å². The molecule has 2 unspecified atom stereocenters. The number of aryl methyl sites for hydroxylation is 1. The number of nitrogens with one attached hydrogen (secondary N) is 2. The summed E-state index contributed by atoms with van der Waals surface area (Å²) in [6.45, 7) is 0. The largest absolute Gasteiger partial charge is 0.382 e. The Hall–Kier alpha value is -3.22. The highest BCUT2D eigenvalue weighted by molar-refractivity contribution is 6.07. The highest BCUT2D eigenvalue weighted by Crippen LogP contribution is 2.18. The summed E-state index contributed by atoms with van der Waals surface area (Å²) in [6.07, 6.45) is -0.332. The third-order valence-corrected chi connectivity index (χ3v) is 4.62. The number of nitrogens with two attached hydrogens (primary N) is 1. The van der Waals surface area contributed by atoms with Crippen molar-refractivity contribution in [2.24, 2.45) is 5.73 Å². The van der Waals surface area contributed by atoms with E-state index in [2.05, 4.69) is 10.9 Å². The third kappa shape index (κ3) is 4.73. The molecule has 6 nitrogen and oxygen atoms in total. The molecule has 0 bridgehead atoms. The van der Waals surface area contributed by atoms with Crippen LogP contribution in [-0.4, -0.2) is 29.1 Å². The quantitative estimate of drug-likeness (QED) is 0.493. The second-order valence-corrected chi connectivity index (χ2v) is 6.60. The fraction of sp³-hybridized carbons (Fsp3) is 0.182. The van der Waals surface area contributed by atoms with Crippen LogP contribution >= 0.6 is 0 Å². The van der Waals surface area contributed by atoms with Gasteiger partial charge in [-0.3, -0.25) is 20.4 Å². The second kappa shape index (κ2) is 9.12. The highest BCUT2D eigenvalue weighted by Gasteiger charge is 2.23. The minimum Gasteiger partial charge on any atom is -0.382 e. The van der Waals surface area contributed by atoms with Crippen LogP contribution < -0.4 is 16.6 Å². The van der Waals surface area contributed by atoms with E-state index in [1.54, 1.807) is 12.1 Å². The van der Waals surface area contributed by atoms with Gasteiger partial charge in [0, 0.05) is 11.6 Å². The van der Waals surface area contributed by atoms with Crippen LogP contribution in [0.1, 0.15) is 22.3 Å². The van der Waals surface area contributed by atoms with Crippen molar-refractivity contribution >= 4 is 22.6 Å². The molecule has 0 radical (unpaired) electrons. The van der Waals surface area contributed by atoms with E-state index in [0.717, 1.165) is 16.3 Å². The van der Waals surface area contributed by atoms with Crippen molar-refractivity contribution in [1.82, 2.24) is 10.9 Å². The number of carbonyl (C=O) groups excluding carboxylic acids is 2. The first-order chi connectivity index (χ1) is 13.6.